The minimum atomic E-state index is -3.22. The average molecular weight is 311 g/mol. The number of hydrogen-bond acceptors (Lipinski definition) is 4. The van der Waals surface area contributed by atoms with Crippen LogP contribution in [0.5, 0.6) is 0 Å². The molecule has 0 aliphatic carbocycles. The quantitative estimate of drug-likeness (QED) is 0.673. The first-order valence-electron chi connectivity index (χ1n) is 7.23. The zero-order valence-electron chi connectivity index (χ0n) is 13.6. The average Bonchev–Trinajstić information content (AvgIpc) is 2.39. The summed E-state index contributed by atoms with van der Waals surface area (Å²) in [7, 11) is 0.552. The molecule has 1 aromatic rings. The predicted octanol–water partition coefficient (Wildman–Crippen LogP) is 4.24. The number of benzene rings is 1. The fourth-order valence-corrected chi connectivity index (χ4v) is 4.58. The van der Waals surface area contributed by atoms with Crippen LogP contribution >= 0.6 is 7.60 Å². The van der Waals surface area contributed by atoms with Crippen molar-refractivity contribution < 1.29 is 13.6 Å². The Morgan fingerprint density at radius 3 is 2.14 bits per heavy atom. The third-order valence-electron chi connectivity index (χ3n) is 3.01. The minimum absolute atomic E-state index is 0.361. The van der Waals surface area contributed by atoms with E-state index in [-0.39, 0.29) is 0 Å². The molecule has 0 saturated heterocycles. The summed E-state index contributed by atoms with van der Waals surface area (Å²) < 4.78 is 24.1. The Kier molecular flexibility index (Phi) is 7.33. The van der Waals surface area contributed by atoms with Gasteiger partial charge in [-0.2, -0.15) is 0 Å². The van der Waals surface area contributed by atoms with Gasteiger partial charge in [0.1, 0.15) is 5.78 Å². The molecule has 0 heterocycles. The van der Waals surface area contributed by atoms with Crippen LogP contribution in [-0.4, -0.2) is 38.0 Å². The van der Waals surface area contributed by atoms with Gasteiger partial charge >= 0.3 is 7.60 Å². The van der Waals surface area contributed by atoms with Crippen molar-refractivity contribution in [2.75, 3.05) is 27.3 Å². The van der Waals surface area contributed by atoms with Crippen LogP contribution < -0.4 is 0 Å². The van der Waals surface area contributed by atoms with E-state index in [2.05, 4.69) is 0 Å². The first kappa shape index (κ1) is 18.1. The van der Waals surface area contributed by atoms with E-state index in [1.54, 1.807) is 0 Å². The lowest BCUT2D eigenvalue weighted by molar-refractivity contribution is 0.194. The van der Waals surface area contributed by atoms with E-state index in [9.17, 15) is 4.57 Å². The maximum Gasteiger partial charge on any atom is 0.351 e. The van der Waals surface area contributed by atoms with Crippen LogP contribution in [0.3, 0.4) is 0 Å². The van der Waals surface area contributed by atoms with Gasteiger partial charge < -0.3 is 9.05 Å². The second kappa shape index (κ2) is 8.50. The Hall–Kier alpha value is -0.930. The largest absolute Gasteiger partial charge is 0.351 e. The zero-order valence-corrected chi connectivity index (χ0v) is 14.5. The maximum atomic E-state index is 13.1. The molecule has 0 radical (unpaired) electrons. The molecule has 1 aromatic carbocycles. The second-order valence-electron chi connectivity index (χ2n) is 5.01. The van der Waals surface area contributed by atoms with Crippen molar-refractivity contribution in [3.05, 3.63) is 41.5 Å². The molecule has 0 aliphatic rings. The minimum Gasteiger partial charge on any atom is -0.308 e. The second-order valence-corrected chi connectivity index (χ2v) is 7.10. The molecule has 0 fully saturated rings. The summed E-state index contributed by atoms with van der Waals surface area (Å²) in [5.41, 5.74) is 2.03. The highest BCUT2D eigenvalue weighted by Gasteiger charge is 2.38. The van der Waals surface area contributed by atoms with E-state index >= 15 is 0 Å². The summed E-state index contributed by atoms with van der Waals surface area (Å²) in [5.74, 6) is -0.391. The van der Waals surface area contributed by atoms with Crippen molar-refractivity contribution in [3.8, 4) is 0 Å². The van der Waals surface area contributed by atoms with Crippen molar-refractivity contribution in [1.29, 1.82) is 0 Å². The molecule has 118 valence electrons. The number of likely N-dealkylation sites (N-methyl/N-ethyl adjacent to an activating group) is 1. The lowest BCUT2D eigenvalue weighted by Crippen LogP contribution is -2.30. The van der Waals surface area contributed by atoms with Crippen molar-refractivity contribution in [2.24, 2.45) is 0 Å². The Morgan fingerprint density at radius 2 is 1.71 bits per heavy atom. The normalized spacial score (nSPS) is 14.5. The van der Waals surface area contributed by atoms with Crippen molar-refractivity contribution >= 4 is 13.7 Å². The highest BCUT2D eigenvalue weighted by molar-refractivity contribution is 7.54. The molecule has 0 aromatic heterocycles. The molecular formula is C16H26NO3P. The first-order chi connectivity index (χ1) is 9.94. The van der Waals surface area contributed by atoms with Gasteiger partial charge in [0, 0.05) is 0 Å². The lowest BCUT2D eigenvalue weighted by Gasteiger charge is -2.31. The molecule has 21 heavy (non-hydrogen) atoms. The number of nitrogens with zero attached hydrogens (tertiary/aromatic N) is 1. The molecule has 0 spiro atoms. The fraction of sp³-hybridized carbons (Fsp3) is 0.500. The van der Waals surface area contributed by atoms with E-state index in [4.69, 9.17) is 9.05 Å². The standard InChI is InChI=1S/C16H26NO3P/c1-6-19-21(18,20-7-2)16(17(4)5)14(3)13-15-11-9-8-10-12-15/h8-13,16H,6-7H2,1-5H3/b14-13+. The van der Waals surface area contributed by atoms with Gasteiger partial charge in [-0.05, 0) is 46.0 Å². The van der Waals surface area contributed by atoms with Gasteiger partial charge in [-0.1, -0.05) is 36.4 Å². The highest BCUT2D eigenvalue weighted by atomic mass is 31.2. The van der Waals surface area contributed by atoms with Gasteiger partial charge in [-0.3, -0.25) is 9.46 Å². The molecular weight excluding hydrogens is 285 g/mol. The van der Waals surface area contributed by atoms with Crippen molar-refractivity contribution in [3.63, 3.8) is 0 Å². The predicted molar refractivity (Wildman–Crippen MR) is 88.4 cm³/mol. The first-order valence-corrected chi connectivity index (χ1v) is 8.84. The lowest BCUT2D eigenvalue weighted by atomic mass is 10.1. The molecule has 4 nitrogen and oxygen atoms in total. The third kappa shape index (κ3) is 5.08. The molecule has 1 rings (SSSR count). The van der Waals surface area contributed by atoms with E-state index in [0.29, 0.717) is 13.2 Å². The zero-order chi connectivity index (χ0) is 15.9. The monoisotopic (exact) mass is 311 g/mol. The molecule has 0 amide bonds. The smallest absolute Gasteiger partial charge is 0.308 e. The molecule has 5 heteroatoms. The molecule has 1 atom stereocenters. The molecule has 0 bridgehead atoms. The summed E-state index contributed by atoms with van der Waals surface area (Å²) in [6, 6.07) is 9.97. The van der Waals surface area contributed by atoms with E-state index in [1.165, 1.54) is 0 Å². The van der Waals surface area contributed by atoms with Crippen LogP contribution in [0.15, 0.2) is 35.9 Å². The molecule has 0 N–H and O–H groups in total. The Balaban J connectivity index is 3.15. The van der Waals surface area contributed by atoms with Gasteiger partial charge in [0.2, 0.25) is 0 Å². The van der Waals surface area contributed by atoms with Gasteiger partial charge in [-0.25, -0.2) is 0 Å². The van der Waals surface area contributed by atoms with Crippen molar-refractivity contribution in [1.82, 2.24) is 4.90 Å². The molecule has 0 saturated carbocycles. The van der Waals surface area contributed by atoms with Crippen LogP contribution in [0.2, 0.25) is 0 Å². The maximum absolute atomic E-state index is 13.1. The SMILES string of the molecule is CCOP(=O)(OCC)C(/C(C)=C/c1ccccc1)N(C)C. The van der Waals surface area contributed by atoms with Gasteiger partial charge in [-0.15, -0.1) is 0 Å². The van der Waals surface area contributed by atoms with Crippen LogP contribution in [0.25, 0.3) is 6.08 Å². The fourth-order valence-electron chi connectivity index (χ4n) is 2.36. The van der Waals surface area contributed by atoms with Crippen LogP contribution in [0.1, 0.15) is 26.3 Å². The van der Waals surface area contributed by atoms with Crippen LogP contribution in [0.4, 0.5) is 0 Å². The number of hydrogen-bond donors (Lipinski definition) is 0. The molecule has 1 unspecified atom stereocenters. The molecule has 0 aliphatic heterocycles. The summed E-state index contributed by atoms with van der Waals surface area (Å²) >= 11 is 0. The van der Waals surface area contributed by atoms with E-state index < -0.39 is 13.4 Å². The summed E-state index contributed by atoms with van der Waals surface area (Å²) in [4.78, 5) is 1.89. The van der Waals surface area contributed by atoms with Crippen molar-refractivity contribution in [2.45, 2.75) is 26.6 Å². The van der Waals surface area contributed by atoms with E-state index in [1.807, 2.05) is 76.2 Å². The third-order valence-corrected chi connectivity index (χ3v) is 5.71. The van der Waals surface area contributed by atoms with Crippen LogP contribution in [0, 0.1) is 0 Å². The Morgan fingerprint density at radius 1 is 1.19 bits per heavy atom. The summed E-state index contributed by atoms with van der Waals surface area (Å²) in [6.07, 6.45) is 2.02. The number of rotatable bonds is 8. The van der Waals surface area contributed by atoms with E-state index in [0.717, 1.165) is 11.1 Å². The highest BCUT2D eigenvalue weighted by Crippen LogP contribution is 2.56. The Bertz CT molecular complexity index is 490. The Labute approximate surface area is 128 Å². The topological polar surface area (TPSA) is 38.8 Å². The summed E-state index contributed by atoms with van der Waals surface area (Å²) in [6.45, 7) is 6.34. The van der Waals surface area contributed by atoms with Gasteiger partial charge in [0.25, 0.3) is 0 Å². The van der Waals surface area contributed by atoms with Crippen LogP contribution in [-0.2, 0) is 13.6 Å². The summed E-state index contributed by atoms with van der Waals surface area (Å²) in [5, 5.41) is 0. The van der Waals surface area contributed by atoms with Gasteiger partial charge in [0.15, 0.2) is 0 Å². The van der Waals surface area contributed by atoms with Gasteiger partial charge in [0.05, 0.1) is 13.2 Å².